The quantitative estimate of drug-likeness (QED) is 0.859. The first kappa shape index (κ1) is 11.7. The van der Waals surface area contributed by atoms with Crippen molar-refractivity contribution in [2.24, 2.45) is 5.73 Å². The molecule has 4 heteroatoms. The second kappa shape index (κ2) is 5.55. The average molecular weight is 240 g/mol. The van der Waals surface area contributed by atoms with Crippen LogP contribution in [0.2, 0.25) is 0 Å². The van der Waals surface area contributed by atoms with Crippen molar-refractivity contribution < 1.29 is 4.39 Å². The molecule has 0 bridgehead atoms. The minimum Gasteiger partial charge on any atom is -0.368 e. The Bertz CT molecular complexity index is 349. The van der Waals surface area contributed by atoms with Crippen LogP contribution in [0, 0.1) is 5.82 Å². The van der Waals surface area contributed by atoms with E-state index in [1.807, 2.05) is 23.9 Å². The highest BCUT2D eigenvalue weighted by molar-refractivity contribution is 7.99. The lowest BCUT2D eigenvalue weighted by molar-refractivity contribution is 0.616. The van der Waals surface area contributed by atoms with Gasteiger partial charge < -0.3 is 10.6 Å². The fourth-order valence-corrected chi connectivity index (χ4v) is 2.81. The Labute approximate surface area is 100 Å². The third kappa shape index (κ3) is 2.68. The Morgan fingerprint density at radius 2 is 2.19 bits per heavy atom. The molecule has 1 saturated heterocycles. The zero-order chi connectivity index (χ0) is 11.4. The highest BCUT2D eigenvalue weighted by Gasteiger charge is 2.13. The first-order valence-electron chi connectivity index (χ1n) is 5.62. The number of hydrogen-bond donors (Lipinski definition) is 1. The summed E-state index contributed by atoms with van der Waals surface area (Å²) in [6.07, 6.45) is 1.13. The van der Waals surface area contributed by atoms with E-state index in [1.54, 1.807) is 6.07 Å². The highest BCUT2D eigenvalue weighted by atomic mass is 32.2. The van der Waals surface area contributed by atoms with Crippen LogP contribution in [0.15, 0.2) is 18.2 Å². The van der Waals surface area contributed by atoms with Crippen LogP contribution in [0.1, 0.15) is 12.0 Å². The molecule has 1 aliphatic rings. The zero-order valence-corrected chi connectivity index (χ0v) is 10.1. The van der Waals surface area contributed by atoms with E-state index in [1.165, 1.54) is 5.75 Å². The van der Waals surface area contributed by atoms with Gasteiger partial charge in [0.05, 0.1) is 5.69 Å². The third-order valence-corrected chi connectivity index (χ3v) is 3.86. The molecule has 0 spiro atoms. The summed E-state index contributed by atoms with van der Waals surface area (Å²) in [6.45, 7) is 2.28. The maximum atomic E-state index is 13.9. The molecule has 88 valence electrons. The van der Waals surface area contributed by atoms with Crippen molar-refractivity contribution in [3.05, 3.63) is 29.6 Å². The molecule has 2 rings (SSSR count). The van der Waals surface area contributed by atoms with Gasteiger partial charge in [0.2, 0.25) is 0 Å². The monoisotopic (exact) mass is 240 g/mol. The van der Waals surface area contributed by atoms with Crippen LogP contribution in [0.3, 0.4) is 0 Å². The van der Waals surface area contributed by atoms with Crippen molar-refractivity contribution in [1.29, 1.82) is 0 Å². The normalized spacial score (nSPS) is 17.2. The topological polar surface area (TPSA) is 29.3 Å². The summed E-state index contributed by atoms with van der Waals surface area (Å²) in [5.74, 6) is 2.12. The van der Waals surface area contributed by atoms with Crippen molar-refractivity contribution in [2.45, 2.75) is 13.0 Å². The van der Waals surface area contributed by atoms with Gasteiger partial charge in [-0.25, -0.2) is 4.39 Å². The molecule has 1 aliphatic heterocycles. The molecular formula is C12H17FN2S. The third-order valence-electron chi connectivity index (χ3n) is 2.81. The van der Waals surface area contributed by atoms with E-state index >= 15 is 0 Å². The van der Waals surface area contributed by atoms with Crippen molar-refractivity contribution in [1.82, 2.24) is 0 Å². The molecule has 0 saturated carbocycles. The molecule has 0 atom stereocenters. The average Bonchev–Trinajstić information content (AvgIpc) is 2.57. The minimum atomic E-state index is -0.144. The van der Waals surface area contributed by atoms with Gasteiger partial charge in [-0.15, -0.1) is 0 Å². The summed E-state index contributed by atoms with van der Waals surface area (Å²) in [6, 6.07) is 5.32. The van der Waals surface area contributed by atoms with Gasteiger partial charge in [0.15, 0.2) is 0 Å². The zero-order valence-electron chi connectivity index (χ0n) is 9.29. The molecule has 1 aromatic carbocycles. The molecule has 1 fully saturated rings. The van der Waals surface area contributed by atoms with Crippen LogP contribution in [-0.4, -0.2) is 24.6 Å². The van der Waals surface area contributed by atoms with E-state index in [2.05, 4.69) is 4.90 Å². The number of hydrogen-bond acceptors (Lipinski definition) is 3. The van der Waals surface area contributed by atoms with Gasteiger partial charge in [-0.3, -0.25) is 0 Å². The second-order valence-electron chi connectivity index (χ2n) is 3.94. The molecule has 0 aromatic heterocycles. The fourth-order valence-electron chi connectivity index (χ4n) is 1.92. The standard InChI is InChI=1S/C12H17FN2S/c13-11-8-10(9-14)2-3-12(11)15-4-1-6-16-7-5-15/h2-3,8H,1,4-7,9,14H2. The number of nitrogens with two attached hydrogens (primary N) is 1. The van der Waals surface area contributed by atoms with E-state index in [0.29, 0.717) is 6.54 Å². The Morgan fingerprint density at radius 3 is 2.94 bits per heavy atom. The summed E-state index contributed by atoms with van der Waals surface area (Å²) < 4.78 is 13.9. The molecule has 16 heavy (non-hydrogen) atoms. The lowest BCUT2D eigenvalue weighted by Crippen LogP contribution is -2.26. The molecule has 2 nitrogen and oxygen atoms in total. The Balaban J connectivity index is 2.18. The lowest BCUT2D eigenvalue weighted by atomic mass is 10.2. The van der Waals surface area contributed by atoms with Gasteiger partial charge in [-0.05, 0) is 29.9 Å². The van der Waals surface area contributed by atoms with Crippen molar-refractivity contribution in [3.63, 3.8) is 0 Å². The number of halogens is 1. The Hall–Kier alpha value is -0.740. The van der Waals surface area contributed by atoms with E-state index < -0.39 is 0 Å². The van der Waals surface area contributed by atoms with Crippen molar-refractivity contribution >= 4 is 17.4 Å². The number of benzene rings is 1. The largest absolute Gasteiger partial charge is 0.368 e. The van der Waals surface area contributed by atoms with E-state index in [0.717, 1.165) is 36.5 Å². The van der Waals surface area contributed by atoms with Crippen LogP contribution in [-0.2, 0) is 6.54 Å². The predicted octanol–water partition coefficient (Wildman–Crippen LogP) is 2.23. The van der Waals surface area contributed by atoms with E-state index in [4.69, 9.17) is 5.73 Å². The number of thioether (sulfide) groups is 1. The lowest BCUT2D eigenvalue weighted by Gasteiger charge is -2.23. The molecule has 2 N–H and O–H groups in total. The van der Waals surface area contributed by atoms with E-state index in [9.17, 15) is 4.39 Å². The number of rotatable bonds is 2. The molecule has 0 unspecified atom stereocenters. The summed E-state index contributed by atoms with van der Waals surface area (Å²) in [5.41, 5.74) is 7.06. The van der Waals surface area contributed by atoms with Gasteiger partial charge in [-0.1, -0.05) is 6.07 Å². The smallest absolute Gasteiger partial charge is 0.146 e. The van der Waals surface area contributed by atoms with Crippen molar-refractivity contribution in [2.75, 3.05) is 29.5 Å². The van der Waals surface area contributed by atoms with Crippen LogP contribution in [0.5, 0.6) is 0 Å². The van der Waals surface area contributed by atoms with E-state index in [-0.39, 0.29) is 5.82 Å². The van der Waals surface area contributed by atoms with Gasteiger partial charge >= 0.3 is 0 Å². The van der Waals surface area contributed by atoms with Crippen LogP contribution < -0.4 is 10.6 Å². The maximum absolute atomic E-state index is 13.9. The van der Waals surface area contributed by atoms with Crippen LogP contribution >= 0.6 is 11.8 Å². The second-order valence-corrected chi connectivity index (χ2v) is 5.17. The molecule has 0 aliphatic carbocycles. The van der Waals surface area contributed by atoms with Crippen LogP contribution in [0.25, 0.3) is 0 Å². The number of nitrogens with zero attached hydrogens (tertiary/aromatic N) is 1. The summed E-state index contributed by atoms with van der Waals surface area (Å²) in [4.78, 5) is 2.13. The molecule has 1 aromatic rings. The Morgan fingerprint density at radius 1 is 1.31 bits per heavy atom. The Kier molecular flexibility index (Phi) is 4.07. The predicted molar refractivity (Wildman–Crippen MR) is 68.4 cm³/mol. The molecular weight excluding hydrogens is 223 g/mol. The molecule has 0 amide bonds. The summed E-state index contributed by atoms with van der Waals surface area (Å²) >= 11 is 1.94. The fraction of sp³-hybridized carbons (Fsp3) is 0.500. The van der Waals surface area contributed by atoms with Crippen molar-refractivity contribution in [3.8, 4) is 0 Å². The summed E-state index contributed by atoms with van der Waals surface area (Å²) in [7, 11) is 0. The first-order valence-corrected chi connectivity index (χ1v) is 6.78. The number of anilines is 1. The minimum absolute atomic E-state index is 0.144. The first-order chi connectivity index (χ1) is 7.81. The SMILES string of the molecule is NCc1ccc(N2CCCSCC2)c(F)c1. The maximum Gasteiger partial charge on any atom is 0.146 e. The van der Waals surface area contributed by atoms with Crippen LogP contribution in [0.4, 0.5) is 10.1 Å². The summed E-state index contributed by atoms with van der Waals surface area (Å²) in [5, 5.41) is 0. The molecule has 0 radical (unpaired) electrons. The van der Waals surface area contributed by atoms with Gasteiger partial charge in [0, 0.05) is 25.4 Å². The van der Waals surface area contributed by atoms with Gasteiger partial charge in [0.25, 0.3) is 0 Å². The van der Waals surface area contributed by atoms with Gasteiger partial charge in [0.1, 0.15) is 5.82 Å². The molecule has 1 heterocycles. The highest BCUT2D eigenvalue weighted by Crippen LogP contribution is 2.23. The van der Waals surface area contributed by atoms with Gasteiger partial charge in [-0.2, -0.15) is 11.8 Å².